The Morgan fingerprint density at radius 1 is 1.30 bits per heavy atom. The summed E-state index contributed by atoms with van der Waals surface area (Å²) in [6, 6.07) is 1.85. The highest BCUT2D eigenvalue weighted by atomic mass is 35.5. The predicted octanol–water partition coefficient (Wildman–Crippen LogP) is 3.40. The molecule has 0 aliphatic rings. The van der Waals surface area contributed by atoms with Gasteiger partial charge in [-0.1, -0.05) is 11.6 Å². The molecule has 1 aromatic carbocycles. The van der Waals surface area contributed by atoms with E-state index in [1.165, 1.54) is 0 Å². The molecule has 114 valence electrons. The van der Waals surface area contributed by atoms with E-state index in [0.29, 0.717) is 7.05 Å². The van der Waals surface area contributed by atoms with Crippen molar-refractivity contribution in [3.8, 4) is 0 Å². The molecule has 0 atom stereocenters. The number of alkyl halides is 4. The SMILES string of the molecule is CN(CC(F)(F)F)S(=O)(=O)c1cc(Cl)cc(CCl)c1F. The Morgan fingerprint density at radius 3 is 2.30 bits per heavy atom. The Bertz CT molecular complexity index is 604. The van der Waals surface area contributed by atoms with Gasteiger partial charge in [0.2, 0.25) is 10.0 Å². The maximum absolute atomic E-state index is 13.9. The lowest BCUT2D eigenvalue weighted by atomic mass is 10.2. The van der Waals surface area contributed by atoms with E-state index < -0.39 is 33.5 Å². The first-order chi connectivity index (χ1) is 8.99. The van der Waals surface area contributed by atoms with Gasteiger partial charge in [0.1, 0.15) is 17.3 Å². The minimum Gasteiger partial charge on any atom is -0.207 e. The lowest BCUT2D eigenvalue weighted by molar-refractivity contribution is -0.134. The van der Waals surface area contributed by atoms with Crippen LogP contribution in [0.15, 0.2) is 17.0 Å². The summed E-state index contributed by atoms with van der Waals surface area (Å²) in [6.45, 7) is -1.74. The van der Waals surface area contributed by atoms with Crippen LogP contribution in [-0.4, -0.2) is 32.5 Å². The Hall–Kier alpha value is -0.570. The molecular weight excluding hydrogens is 345 g/mol. The van der Waals surface area contributed by atoms with Gasteiger partial charge in [-0.3, -0.25) is 0 Å². The summed E-state index contributed by atoms with van der Waals surface area (Å²) in [5, 5.41) is -0.138. The predicted molar refractivity (Wildman–Crippen MR) is 66.8 cm³/mol. The molecule has 1 rings (SSSR count). The third-order valence-corrected chi connectivity index (χ3v) is 4.62. The van der Waals surface area contributed by atoms with Gasteiger partial charge < -0.3 is 0 Å². The molecular formula is C10H9Cl2F4NO2S. The number of nitrogens with zero attached hydrogens (tertiary/aromatic N) is 1. The second-order valence-electron chi connectivity index (χ2n) is 3.89. The van der Waals surface area contributed by atoms with Crippen LogP contribution in [0.2, 0.25) is 5.02 Å². The van der Waals surface area contributed by atoms with Crippen molar-refractivity contribution in [3.05, 3.63) is 28.5 Å². The number of rotatable bonds is 4. The van der Waals surface area contributed by atoms with E-state index in [2.05, 4.69) is 0 Å². The fourth-order valence-electron chi connectivity index (χ4n) is 1.41. The number of halogens is 6. The van der Waals surface area contributed by atoms with Crippen molar-refractivity contribution < 1.29 is 26.0 Å². The van der Waals surface area contributed by atoms with Gasteiger partial charge in [0.05, 0.1) is 5.88 Å². The molecule has 0 N–H and O–H groups in total. The summed E-state index contributed by atoms with van der Waals surface area (Å²) in [4.78, 5) is -0.938. The molecule has 0 aliphatic heterocycles. The molecule has 0 heterocycles. The minimum absolute atomic E-state index is 0.000244. The zero-order valence-electron chi connectivity index (χ0n) is 10.0. The summed E-state index contributed by atoms with van der Waals surface area (Å²) in [5.41, 5.74) is -0.210. The first-order valence-corrected chi connectivity index (χ1v) is 7.41. The highest BCUT2D eigenvalue weighted by Crippen LogP contribution is 2.28. The molecule has 10 heteroatoms. The summed E-state index contributed by atoms with van der Waals surface area (Å²) >= 11 is 11.0. The fraction of sp³-hybridized carbons (Fsp3) is 0.400. The van der Waals surface area contributed by atoms with Crippen molar-refractivity contribution in [2.45, 2.75) is 17.0 Å². The van der Waals surface area contributed by atoms with Crippen molar-refractivity contribution in [3.63, 3.8) is 0 Å². The molecule has 0 aromatic heterocycles. The smallest absolute Gasteiger partial charge is 0.207 e. The first-order valence-electron chi connectivity index (χ1n) is 5.06. The van der Waals surface area contributed by atoms with Gasteiger partial charge in [0, 0.05) is 17.6 Å². The standard InChI is InChI=1S/C10H9Cl2F4NO2S/c1-17(5-10(14,15)16)20(18,19)8-3-7(12)2-6(4-11)9(8)13/h2-3H,4-5H2,1H3. The van der Waals surface area contributed by atoms with Gasteiger partial charge in [-0.05, 0) is 12.1 Å². The molecule has 20 heavy (non-hydrogen) atoms. The van der Waals surface area contributed by atoms with Crippen LogP contribution in [-0.2, 0) is 15.9 Å². The number of sulfonamides is 1. The van der Waals surface area contributed by atoms with Gasteiger partial charge in [-0.15, -0.1) is 11.6 Å². The van der Waals surface area contributed by atoms with E-state index in [1.807, 2.05) is 0 Å². The first kappa shape index (κ1) is 17.5. The fourth-order valence-corrected chi connectivity index (χ4v) is 3.19. The zero-order chi connectivity index (χ0) is 15.7. The minimum atomic E-state index is -4.74. The Kier molecular flexibility index (Phi) is 5.29. The molecule has 0 fully saturated rings. The largest absolute Gasteiger partial charge is 0.402 e. The Morgan fingerprint density at radius 2 is 1.85 bits per heavy atom. The van der Waals surface area contributed by atoms with Crippen molar-refractivity contribution in [2.24, 2.45) is 0 Å². The van der Waals surface area contributed by atoms with Crippen LogP contribution >= 0.6 is 23.2 Å². The lowest BCUT2D eigenvalue weighted by Crippen LogP contribution is -2.36. The van der Waals surface area contributed by atoms with Crippen LogP contribution in [0.3, 0.4) is 0 Å². The van der Waals surface area contributed by atoms with E-state index in [1.54, 1.807) is 0 Å². The van der Waals surface area contributed by atoms with Crippen LogP contribution in [0.4, 0.5) is 17.6 Å². The maximum atomic E-state index is 13.9. The molecule has 0 saturated heterocycles. The van der Waals surface area contributed by atoms with Gasteiger partial charge in [-0.25, -0.2) is 12.8 Å². The van der Waals surface area contributed by atoms with Gasteiger partial charge in [-0.2, -0.15) is 17.5 Å². The van der Waals surface area contributed by atoms with Crippen molar-refractivity contribution in [1.82, 2.24) is 4.31 Å². The van der Waals surface area contributed by atoms with E-state index in [4.69, 9.17) is 23.2 Å². The molecule has 0 aliphatic carbocycles. The maximum Gasteiger partial charge on any atom is 0.402 e. The quantitative estimate of drug-likeness (QED) is 0.614. The molecule has 1 aromatic rings. The number of hydrogen-bond donors (Lipinski definition) is 0. The second kappa shape index (κ2) is 6.05. The van der Waals surface area contributed by atoms with Crippen molar-refractivity contribution >= 4 is 33.2 Å². The van der Waals surface area contributed by atoms with E-state index >= 15 is 0 Å². The Balaban J connectivity index is 3.32. The third-order valence-electron chi connectivity index (χ3n) is 2.31. The van der Waals surface area contributed by atoms with E-state index in [9.17, 15) is 26.0 Å². The zero-order valence-corrected chi connectivity index (χ0v) is 12.3. The molecule has 0 radical (unpaired) electrons. The van der Waals surface area contributed by atoms with Crippen LogP contribution in [0.5, 0.6) is 0 Å². The summed E-state index contributed by atoms with van der Waals surface area (Å²) in [6.07, 6.45) is -4.74. The normalized spacial score (nSPS) is 13.0. The molecule has 3 nitrogen and oxygen atoms in total. The average molecular weight is 354 g/mol. The number of benzene rings is 1. The van der Waals surface area contributed by atoms with Crippen molar-refractivity contribution in [2.75, 3.05) is 13.6 Å². The summed E-state index contributed by atoms with van der Waals surface area (Å²) < 4.78 is 74.5. The lowest BCUT2D eigenvalue weighted by Gasteiger charge is -2.19. The van der Waals surface area contributed by atoms with Gasteiger partial charge >= 0.3 is 6.18 Å². The van der Waals surface area contributed by atoms with Crippen LogP contribution in [0.25, 0.3) is 0 Å². The molecule has 0 unspecified atom stereocenters. The molecule has 0 saturated carbocycles. The molecule has 0 amide bonds. The monoisotopic (exact) mass is 353 g/mol. The average Bonchev–Trinajstić information content (AvgIpc) is 2.29. The number of hydrogen-bond acceptors (Lipinski definition) is 2. The van der Waals surface area contributed by atoms with Gasteiger partial charge in [0.25, 0.3) is 0 Å². The Labute approximate surface area is 123 Å². The second-order valence-corrected chi connectivity index (χ2v) is 6.60. The summed E-state index contributed by atoms with van der Waals surface area (Å²) in [7, 11) is -3.96. The highest BCUT2D eigenvalue weighted by Gasteiger charge is 2.36. The topological polar surface area (TPSA) is 37.4 Å². The third kappa shape index (κ3) is 3.97. The van der Waals surface area contributed by atoms with Crippen molar-refractivity contribution in [1.29, 1.82) is 0 Å². The van der Waals surface area contributed by atoms with E-state index in [0.717, 1.165) is 12.1 Å². The summed E-state index contributed by atoms with van der Waals surface area (Å²) in [5.74, 6) is -1.57. The van der Waals surface area contributed by atoms with Gasteiger partial charge in [0.15, 0.2) is 0 Å². The van der Waals surface area contributed by atoms with Crippen LogP contribution < -0.4 is 0 Å². The van der Waals surface area contributed by atoms with Crippen LogP contribution in [0, 0.1) is 5.82 Å². The molecule has 0 bridgehead atoms. The highest BCUT2D eigenvalue weighted by molar-refractivity contribution is 7.89. The van der Waals surface area contributed by atoms with Crippen LogP contribution in [0.1, 0.15) is 5.56 Å². The molecule has 0 spiro atoms. The van der Waals surface area contributed by atoms with E-state index in [-0.39, 0.29) is 20.8 Å².